The van der Waals surface area contributed by atoms with Gasteiger partial charge in [0.1, 0.15) is 0 Å². The van der Waals surface area contributed by atoms with Gasteiger partial charge in [0, 0.05) is 12.2 Å². The largest absolute Gasteiger partial charge is 0.478 e. The smallest absolute Gasteiger partial charge is 0.337 e. The Labute approximate surface area is 112 Å². The van der Waals surface area contributed by atoms with Gasteiger partial charge >= 0.3 is 5.97 Å². The SMILES string of the molecule is Cc1ccc(NCC2CCS(=O)(=O)C2)c(C(=O)O)c1. The monoisotopic (exact) mass is 283 g/mol. The predicted octanol–water partition coefficient (Wildman–Crippen LogP) is 1.54. The highest BCUT2D eigenvalue weighted by atomic mass is 32.2. The number of carboxylic acids is 1. The van der Waals surface area contributed by atoms with Crippen molar-refractivity contribution in [3.63, 3.8) is 0 Å². The van der Waals surface area contributed by atoms with Crippen LogP contribution in [0.1, 0.15) is 22.3 Å². The van der Waals surface area contributed by atoms with Gasteiger partial charge in [0.2, 0.25) is 0 Å². The maximum Gasteiger partial charge on any atom is 0.337 e. The second kappa shape index (κ2) is 5.21. The van der Waals surface area contributed by atoms with Crippen LogP contribution in [0, 0.1) is 12.8 Å². The first-order valence-electron chi connectivity index (χ1n) is 6.15. The zero-order valence-corrected chi connectivity index (χ0v) is 11.5. The molecule has 1 aromatic carbocycles. The molecule has 0 radical (unpaired) electrons. The van der Waals surface area contributed by atoms with Crippen LogP contribution < -0.4 is 5.32 Å². The summed E-state index contributed by atoms with van der Waals surface area (Å²) in [5.41, 5.74) is 1.65. The number of benzene rings is 1. The molecule has 19 heavy (non-hydrogen) atoms. The lowest BCUT2D eigenvalue weighted by Gasteiger charge is -2.13. The molecule has 1 heterocycles. The van der Waals surface area contributed by atoms with Gasteiger partial charge in [-0.3, -0.25) is 0 Å². The minimum absolute atomic E-state index is 0.0629. The van der Waals surface area contributed by atoms with Crippen LogP contribution in [0.4, 0.5) is 5.69 Å². The van der Waals surface area contributed by atoms with Crippen molar-refractivity contribution >= 4 is 21.5 Å². The Morgan fingerprint density at radius 1 is 1.47 bits per heavy atom. The van der Waals surface area contributed by atoms with Crippen molar-refractivity contribution in [2.75, 3.05) is 23.4 Å². The number of anilines is 1. The van der Waals surface area contributed by atoms with Gasteiger partial charge < -0.3 is 10.4 Å². The Bertz CT molecular complexity index is 595. The summed E-state index contributed by atoms with van der Waals surface area (Å²) >= 11 is 0. The van der Waals surface area contributed by atoms with Crippen molar-refractivity contribution in [3.8, 4) is 0 Å². The summed E-state index contributed by atoms with van der Waals surface area (Å²) < 4.78 is 22.7. The Balaban J connectivity index is 2.06. The number of hydrogen-bond acceptors (Lipinski definition) is 4. The van der Waals surface area contributed by atoms with Crippen LogP contribution in [-0.2, 0) is 9.84 Å². The molecule has 1 fully saturated rings. The Morgan fingerprint density at radius 3 is 2.79 bits per heavy atom. The average Bonchev–Trinajstić information content (AvgIpc) is 2.67. The van der Waals surface area contributed by atoms with E-state index in [2.05, 4.69) is 5.32 Å². The minimum Gasteiger partial charge on any atom is -0.478 e. The first-order valence-corrected chi connectivity index (χ1v) is 7.98. The normalized spacial score (nSPS) is 21.2. The van der Waals surface area contributed by atoms with E-state index in [0.29, 0.717) is 18.7 Å². The molecule has 0 aromatic heterocycles. The van der Waals surface area contributed by atoms with E-state index in [9.17, 15) is 13.2 Å². The highest BCUT2D eigenvalue weighted by Crippen LogP contribution is 2.22. The molecule has 1 atom stereocenters. The van der Waals surface area contributed by atoms with Gasteiger partial charge in [-0.25, -0.2) is 13.2 Å². The van der Waals surface area contributed by atoms with Gasteiger partial charge in [-0.2, -0.15) is 0 Å². The van der Waals surface area contributed by atoms with E-state index >= 15 is 0 Å². The average molecular weight is 283 g/mol. The first-order chi connectivity index (χ1) is 8.87. The van der Waals surface area contributed by atoms with E-state index in [-0.39, 0.29) is 23.0 Å². The maximum atomic E-state index is 11.4. The van der Waals surface area contributed by atoms with E-state index in [1.807, 2.05) is 13.0 Å². The number of rotatable bonds is 4. The van der Waals surface area contributed by atoms with Gasteiger partial charge in [0.25, 0.3) is 0 Å². The molecule has 1 aliphatic heterocycles. The van der Waals surface area contributed by atoms with Crippen LogP contribution in [0.15, 0.2) is 18.2 Å². The fourth-order valence-electron chi connectivity index (χ4n) is 2.28. The third kappa shape index (κ3) is 3.47. The lowest BCUT2D eigenvalue weighted by atomic mass is 10.1. The topological polar surface area (TPSA) is 83.5 Å². The zero-order chi connectivity index (χ0) is 14.0. The molecular weight excluding hydrogens is 266 g/mol. The number of sulfone groups is 1. The fourth-order valence-corrected chi connectivity index (χ4v) is 4.14. The van der Waals surface area contributed by atoms with Gasteiger partial charge in [0.05, 0.1) is 17.1 Å². The summed E-state index contributed by atoms with van der Waals surface area (Å²) in [4.78, 5) is 11.1. The highest BCUT2D eigenvalue weighted by molar-refractivity contribution is 7.91. The summed E-state index contributed by atoms with van der Waals surface area (Å²) in [6, 6.07) is 5.17. The Morgan fingerprint density at radius 2 is 2.21 bits per heavy atom. The van der Waals surface area contributed by atoms with Crippen molar-refractivity contribution in [1.29, 1.82) is 0 Å². The van der Waals surface area contributed by atoms with E-state index in [1.165, 1.54) is 0 Å². The number of nitrogens with one attached hydrogen (secondary N) is 1. The molecule has 6 heteroatoms. The fraction of sp³-hybridized carbons (Fsp3) is 0.462. The third-order valence-corrected chi connectivity index (χ3v) is 5.15. The van der Waals surface area contributed by atoms with Crippen molar-refractivity contribution in [2.24, 2.45) is 5.92 Å². The second-order valence-electron chi connectivity index (χ2n) is 5.00. The number of aromatic carboxylic acids is 1. The molecule has 1 aliphatic rings. The van der Waals surface area contributed by atoms with Gasteiger partial charge in [-0.1, -0.05) is 11.6 Å². The summed E-state index contributed by atoms with van der Waals surface area (Å²) in [5.74, 6) is -0.494. The predicted molar refractivity (Wildman–Crippen MR) is 73.4 cm³/mol. The summed E-state index contributed by atoms with van der Waals surface area (Å²) in [7, 11) is -2.89. The summed E-state index contributed by atoms with van der Waals surface area (Å²) in [6.45, 7) is 2.32. The first kappa shape index (κ1) is 13.9. The zero-order valence-electron chi connectivity index (χ0n) is 10.7. The van der Waals surface area contributed by atoms with Crippen molar-refractivity contribution in [3.05, 3.63) is 29.3 Å². The molecular formula is C13H17NO4S. The molecule has 2 N–H and O–H groups in total. The van der Waals surface area contributed by atoms with E-state index in [0.717, 1.165) is 5.56 Å². The molecule has 1 aromatic rings. The summed E-state index contributed by atoms with van der Waals surface area (Å²) in [6.07, 6.45) is 0.642. The van der Waals surface area contributed by atoms with Crippen LogP contribution in [0.2, 0.25) is 0 Å². The van der Waals surface area contributed by atoms with Crippen molar-refractivity contribution < 1.29 is 18.3 Å². The van der Waals surface area contributed by atoms with Gasteiger partial charge in [-0.15, -0.1) is 0 Å². The quantitative estimate of drug-likeness (QED) is 0.875. The minimum atomic E-state index is -2.89. The number of carbonyl (C=O) groups is 1. The van der Waals surface area contributed by atoms with Crippen LogP contribution in [-0.4, -0.2) is 37.5 Å². The third-order valence-electron chi connectivity index (χ3n) is 3.31. The van der Waals surface area contributed by atoms with E-state index < -0.39 is 15.8 Å². The van der Waals surface area contributed by atoms with Gasteiger partial charge in [0.15, 0.2) is 9.84 Å². The van der Waals surface area contributed by atoms with Crippen LogP contribution in [0.3, 0.4) is 0 Å². The second-order valence-corrected chi connectivity index (χ2v) is 7.23. The summed E-state index contributed by atoms with van der Waals surface area (Å²) in [5, 5.41) is 12.2. The highest BCUT2D eigenvalue weighted by Gasteiger charge is 2.27. The van der Waals surface area contributed by atoms with Gasteiger partial charge in [-0.05, 0) is 31.4 Å². The van der Waals surface area contributed by atoms with Crippen molar-refractivity contribution in [1.82, 2.24) is 0 Å². The van der Waals surface area contributed by atoms with E-state index in [1.54, 1.807) is 12.1 Å². The molecule has 2 rings (SSSR count). The molecule has 1 saturated heterocycles. The molecule has 0 aliphatic carbocycles. The van der Waals surface area contributed by atoms with Crippen LogP contribution in [0.5, 0.6) is 0 Å². The molecule has 0 bridgehead atoms. The van der Waals surface area contributed by atoms with Crippen LogP contribution in [0.25, 0.3) is 0 Å². The maximum absolute atomic E-state index is 11.4. The molecule has 1 unspecified atom stereocenters. The lowest BCUT2D eigenvalue weighted by Crippen LogP contribution is -2.17. The Kier molecular flexibility index (Phi) is 3.80. The Hall–Kier alpha value is -1.56. The molecule has 104 valence electrons. The standard InChI is InChI=1S/C13H17NO4S/c1-9-2-3-12(11(6-9)13(15)16)14-7-10-4-5-19(17,18)8-10/h2-3,6,10,14H,4-5,7-8H2,1H3,(H,15,16). The van der Waals surface area contributed by atoms with E-state index in [4.69, 9.17) is 5.11 Å². The molecule has 0 spiro atoms. The number of carboxylic acid groups (broad SMARTS) is 1. The molecule has 5 nitrogen and oxygen atoms in total. The molecule has 0 saturated carbocycles. The number of aryl methyl sites for hydroxylation is 1. The van der Waals surface area contributed by atoms with Crippen molar-refractivity contribution in [2.45, 2.75) is 13.3 Å². The number of hydrogen-bond donors (Lipinski definition) is 2. The van der Waals surface area contributed by atoms with Crippen LogP contribution >= 0.6 is 0 Å². The lowest BCUT2D eigenvalue weighted by molar-refractivity contribution is 0.0697. The molecule has 0 amide bonds.